The third-order valence-corrected chi connectivity index (χ3v) is 5.01. The van der Waals surface area contributed by atoms with Gasteiger partial charge in [0.25, 0.3) is 0 Å². The Hall–Kier alpha value is -1.06. The van der Waals surface area contributed by atoms with Crippen LogP contribution in [0.3, 0.4) is 0 Å². The Labute approximate surface area is 130 Å². The topological polar surface area (TPSA) is 27.1 Å². The molecule has 1 aliphatic heterocycles. The third-order valence-electron chi connectivity index (χ3n) is 4.82. The fourth-order valence-corrected chi connectivity index (χ4v) is 3.86. The van der Waals surface area contributed by atoms with E-state index >= 15 is 0 Å². The van der Waals surface area contributed by atoms with Gasteiger partial charge in [-0.25, -0.2) is 4.98 Å². The Kier molecular flexibility index (Phi) is 3.23. The third kappa shape index (κ3) is 2.18. The predicted molar refractivity (Wildman–Crippen MR) is 84.9 cm³/mol. The molecule has 4 heteroatoms. The van der Waals surface area contributed by atoms with Crippen LogP contribution in [-0.4, -0.2) is 22.3 Å². The minimum absolute atomic E-state index is 0.0859. The Bertz CT molecular complexity index is 675. The van der Waals surface area contributed by atoms with Crippen molar-refractivity contribution >= 4 is 22.6 Å². The van der Waals surface area contributed by atoms with Crippen molar-refractivity contribution in [1.29, 1.82) is 0 Å². The number of rotatable bonds is 3. The highest BCUT2D eigenvalue weighted by Gasteiger charge is 2.42. The van der Waals surface area contributed by atoms with Crippen LogP contribution in [0, 0.1) is 12.8 Å². The molecular formula is C17H21ClN2O. The zero-order chi connectivity index (χ0) is 14.6. The lowest BCUT2D eigenvalue weighted by Gasteiger charge is -2.23. The summed E-state index contributed by atoms with van der Waals surface area (Å²) in [7, 11) is 0. The van der Waals surface area contributed by atoms with Gasteiger partial charge in [0.05, 0.1) is 28.6 Å². The van der Waals surface area contributed by atoms with Gasteiger partial charge in [-0.3, -0.25) is 0 Å². The molecule has 3 unspecified atom stereocenters. The normalized spacial score (nSPS) is 27.4. The lowest BCUT2D eigenvalue weighted by atomic mass is 10.0. The van der Waals surface area contributed by atoms with Crippen LogP contribution >= 0.6 is 11.6 Å². The van der Waals surface area contributed by atoms with E-state index < -0.39 is 0 Å². The van der Waals surface area contributed by atoms with Crippen LogP contribution in [0.5, 0.6) is 0 Å². The molecule has 0 bridgehead atoms. The molecule has 112 valence electrons. The number of para-hydroxylation sites is 1. The Balaban J connectivity index is 1.90. The van der Waals surface area contributed by atoms with Crippen molar-refractivity contribution in [2.75, 3.05) is 6.61 Å². The first-order valence-corrected chi connectivity index (χ1v) is 8.33. The molecule has 1 saturated heterocycles. The first-order chi connectivity index (χ1) is 10.2. The monoisotopic (exact) mass is 304 g/mol. The number of benzene rings is 1. The molecule has 0 radical (unpaired) electrons. The molecule has 3 atom stereocenters. The van der Waals surface area contributed by atoms with E-state index in [1.807, 2.05) is 6.92 Å². The first-order valence-electron chi connectivity index (χ1n) is 7.90. The van der Waals surface area contributed by atoms with E-state index in [0.29, 0.717) is 12.1 Å². The number of hydrogen-bond acceptors (Lipinski definition) is 2. The molecule has 1 aliphatic carbocycles. The number of imidazole rings is 1. The number of fused-ring (bicyclic) bond motifs is 1. The summed E-state index contributed by atoms with van der Waals surface area (Å²) in [5.74, 6) is 1.72. The summed E-state index contributed by atoms with van der Waals surface area (Å²) in [5, 5.41) is -0.0859. The van der Waals surface area contributed by atoms with Gasteiger partial charge < -0.3 is 9.30 Å². The highest BCUT2D eigenvalue weighted by molar-refractivity contribution is 6.20. The SMILES string of the molecule is Cc1cccc2nc(C(C)Cl)n(C3CCOC3C3CC3)c12. The fraction of sp³-hybridized carbons (Fsp3) is 0.588. The first kappa shape index (κ1) is 13.6. The van der Waals surface area contributed by atoms with E-state index in [2.05, 4.69) is 29.7 Å². The van der Waals surface area contributed by atoms with Crippen LogP contribution in [0.25, 0.3) is 11.0 Å². The van der Waals surface area contributed by atoms with Gasteiger partial charge in [0, 0.05) is 6.61 Å². The largest absolute Gasteiger partial charge is 0.376 e. The summed E-state index contributed by atoms with van der Waals surface area (Å²) in [6, 6.07) is 6.70. The molecular weight excluding hydrogens is 284 g/mol. The summed E-state index contributed by atoms with van der Waals surface area (Å²) < 4.78 is 8.43. The van der Waals surface area contributed by atoms with Gasteiger partial charge in [0.1, 0.15) is 5.82 Å². The standard InChI is InChI=1S/C17H21ClN2O/c1-10-4-3-5-13-15(10)20(17(19-13)11(2)18)14-8-9-21-16(14)12-6-7-12/h3-5,11-12,14,16H,6-9H2,1-2H3. The number of halogens is 1. The van der Waals surface area contributed by atoms with E-state index in [4.69, 9.17) is 21.3 Å². The molecule has 2 aliphatic rings. The highest BCUT2D eigenvalue weighted by Crippen LogP contribution is 2.45. The molecule has 4 rings (SSSR count). The number of nitrogens with zero attached hydrogens (tertiary/aromatic N) is 2. The second kappa shape index (κ2) is 4.99. The van der Waals surface area contributed by atoms with E-state index in [1.54, 1.807) is 0 Å². The number of hydrogen-bond donors (Lipinski definition) is 0. The van der Waals surface area contributed by atoms with Crippen LogP contribution in [0.1, 0.15) is 49.0 Å². The van der Waals surface area contributed by atoms with Gasteiger partial charge in [0.15, 0.2) is 0 Å². The van der Waals surface area contributed by atoms with Crippen molar-refractivity contribution in [3.8, 4) is 0 Å². The Morgan fingerprint density at radius 3 is 2.86 bits per heavy atom. The average molecular weight is 305 g/mol. The second-order valence-electron chi connectivity index (χ2n) is 6.43. The molecule has 2 fully saturated rings. The van der Waals surface area contributed by atoms with Crippen LogP contribution in [-0.2, 0) is 4.74 Å². The van der Waals surface area contributed by atoms with Gasteiger partial charge in [0.2, 0.25) is 0 Å². The molecule has 1 saturated carbocycles. The summed E-state index contributed by atoms with van der Waals surface area (Å²) in [6.45, 7) is 5.02. The molecule has 1 aromatic heterocycles. The minimum atomic E-state index is -0.0859. The summed E-state index contributed by atoms with van der Waals surface area (Å²) in [6.07, 6.45) is 4.02. The van der Waals surface area contributed by atoms with Gasteiger partial charge in [-0.2, -0.15) is 0 Å². The number of alkyl halides is 1. The zero-order valence-corrected chi connectivity index (χ0v) is 13.3. The van der Waals surface area contributed by atoms with Gasteiger partial charge >= 0.3 is 0 Å². The van der Waals surface area contributed by atoms with Crippen molar-refractivity contribution in [2.24, 2.45) is 5.92 Å². The van der Waals surface area contributed by atoms with E-state index in [9.17, 15) is 0 Å². The lowest BCUT2D eigenvalue weighted by molar-refractivity contribution is 0.0753. The Morgan fingerprint density at radius 2 is 2.14 bits per heavy atom. The minimum Gasteiger partial charge on any atom is -0.376 e. The number of ether oxygens (including phenoxy) is 1. The summed E-state index contributed by atoms with van der Waals surface area (Å²) in [4.78, 5) is 4.81. The number of aryl methyl sites for hydroxylation is 1. The molecule has 2 heterocycles. The van der Waals surface area contributed by atoms with E-state index in [-0.39, 0.29) is 5.38 Å². The summed E-state index contributed by atoms with van der Waals surface area (Å²) in [5.41, 5.74) is 3.56. The van der Waals surface area contributed by atoms with Crippen LogP contribution < -0.4 is 0 Å². The molecule has 21 heavy (non-hydrogen) atoms. The Morgan fingerprint density at radius 1 is 1.33 bits per heavy atom. The highest BCUT2D eigenvalue weighted by atomic mass is 35.5. The van der Waals surface area contributed by atoms with Crippen molar-refractivity contribution in [1.82, 2.24) is 9.55 Å². The second-order valence-corrected chi connectivity index (χ2v) is 7.08. The molecule has 0 N–H and O–H groups in total. The van der Waals surface area contributed by atoms with Crippen molar-refractivity contribution in [3.05, 3.63) is 29.6 Å². The molecule has 2 aromatic rings. The molecule has 3 nitrogen and oxygen atoms in total. The van der Waals surface area contributed by atoms with Gasteiger partial charge in [-0.1, -0.05) is 12.1 Å². The number of aromatic nitrogens is 2. The van der Waals surface area contributed by atoms with E-state index in [0.717, 1.165) is 30.3 Å². The maximum Gasteiger partial charge on any atom is 0.128 e. The zero-order valence-electron chi connectivity index (χ0n) is 12.6. The van der Waals surface area contributed by atoms with Gasteiger partial charge in [-0.15, -0.1) is 11.6 Å². The molecule has 0 spiro atoms. The van der Waals surface area contributed by atoms with Crippen LogP contribution in [0.2, 0.25) is 0 Å². The average Bonchev–Trinajstić information content (AvgIpc) is 3.04. The maximum absolute atomic E-state index is 6.43. The predicted octanol–water partition coefficient (Wildman–Crippen LogP) is 4.38. The molecule has 1 aromatic carbocycles. The van der Waals surface area contributed by atoms with Crippen molar-refractivity contribution < 1.29 is 4.74 Å². The quantitative estimate of drug-likeness (QED) is 0.787. The van der Waals surface area contributed by atoms with E-state index in [1.165, 1.54) is 23.9 Å². The van der Waals surface area contributed by atoms with Crippen molar-refractivity contribution in [2.45, 2.75) is 50.6 Å². The molecule has 0 amide bonds. The van der Waals surface area contributed by atoms with Crippen LogP contribution in [0.4, 0.5) is 0 Å². The summed E-state index contributed by atoms with van der Waals surface area (Å²) >= 11 is 6.43. The van der Waals surface area contributed by atoms with Crippen LogP contribution in [0.15, 0.2) is 18.2 Å². The lowest BCUT2D eigenvalue weighted by Crippen LogP contribution is -2.24. The smallest absolute Gasteiger partial charge is 0.128 e. The van der Waals surface area contributed by atoms with Gasteiger partial charge in [-0.05, 0) is 50.7 Å². The fourth-order valence-electron chi connectivity index (χ4n) is 3.71. The van der Waals surface area contributed by atoms with Crippen molar-refractivity contribution in [3.63, 3.8) is 0 Å². The maximum atomic E-state index is 6.43.